The molecule has 0 unspecified atom stereocenters. The number of hydrogen-bond donors (Lipinski definition) is 1. The van der Waals surface area contributed by atoms with E-state index in [-0.39, 0.29) is 5.91 Å². The van der Waals surface area contributed by atoms with Gasteiger partial charge in [0.2, 0.25) is 0 Å². The summed E-state index contributed by atoms with van der Waals surface area (Å²) < 4.78 is 14.7. The number of tetrazole rings is 1. The first-order valence-corrected chi connectivity index (χ1v) is 7.59. The fourth-order valence-corrected chi connectivity index (χ4v) is 2.39. The third-order valence-corrected chi connectivity index (χ3v) is 3.57. The van der Waals surface area contributed by atoms with E-state index < -0.39 is 5.82 Å². The number of halogens is 1. The Balaban J connectivity index is 1.63. The fourth-order valence-electron chi connectivity index (χ4n) is 2.39. The maximum Gasteiger partial charge on any atom is 0.253 e. The molecule has 1 heterocycles. The molecule has 1 amide bonds. The Morgan fingerprint density at radius 2 is 2.00 bits per heavy atom. The molecule has 0 aliphatic heterocycles. The molecule has 7 heteroatoms. The number of nitrogens with zero attached hydrogens (tertiary/aromatic N) is 4. The topological polar surface area (TPSA) is 72.7 Å². The first-order valence-electron chi connectivity index (χ1n) is 7.59. The smallest absolute Gasteiger partial charge is 0.253 e. The van der Waals surface area contributed by atoms with Crippen molar-refractivity contribution in [1.82, 2.24) is 25.5 Å². The number of amides is 1. The molecule has 1 N–H and O–H groups in total. The van der Waals surface area contributed by atoms with E-state index in [2.05, 4.69) is 33.0 Å². The molecule has 2 aromatic carbocycles. The Bertz CT molecular complexity index is 805. The van der Waals surface area contributed by atoms with Crippen LogP contribution in [0.25, 0.3) is 5.69 Å². The lowest BCUT2D eigenvalue weighted by molar-refractivity contribution is 0.0953. The van der Waals surface area contributed by atoms with Crippen LogP contribution in [0.5, 0.6) is 0 Å². The SMILES string of the molecule is O=C(NCCCc1ccccc1)c1ccc(F)cc1-n1cnnn1. The van der Waals surface area contributed by atoms with E-state index in [0.717, 1.165) is 12.8 Å². The summed E-state index contributed by atoms with van der Waals surface area (Å²) in [6.07, 6.45) is 3.02. The number of aryl methyl sites for hydroxylation is 1. The molecular weight excluding hydrogens is 309 g/mol. The van der Waals surface area contributed by atoms with Crippen LogP contribution in [0.1, 0.15) is 22.3 Å². The van der Waals surface area contributed by atoms with E-state index in [1.54, 1.807) is 0 Å². The molecule has 122 valence electrons. The summed E-state index contributed by atoms with van der Waals surface area (Å²) in [5.74, 6) is -0.741. The van der Waals surface area contributed by atoms with Crippen molar-refractivity contribution in [3.63, 3.8) is 0 Å². The van der Waals surface area contributed by atoms with E-state index in [1.807, 2.05) is 18.2 Å². The first-order chi connectivity index (χ1) is 11.7. The number of carbonyl (C=O) groups excluding carboxylic acids is 1. The Kier molecular flexibility index (Phi) is 4.90. The summed E-state index contributed by atoms with van der Waals surface area (Å²) in [5, 5.41) is 13.6. The van der Waals surface area contributed by atoms with Gasteiger partial charge in [-0.3, -0.25) is 4.79 Å². The molecule has 24 heavy (non-hydrogen) atoms. The quantitative estimate of drug-likeness (QED) is 0.705. The number of benzene rings is 2. The van der Waals surface area contributed by atoms with Gasteiger partial charge in [-0.05, 0) is 41.0 Å². The van der Waals surface area contributed by atoms with E-state index >= 15 is 0 Å². The number of carbonyl (C=O) groups is 1. The molecule has 0 saturated heterocycles. The molecule has 3 rings (SSSR count). The minimum atomic E-state index is -0.457. The normalized spacial score (nSPS) is 10.5. The van der Waals surface area contributed by atoms with Gasteiger partial charge in [0, 0.05) is 12.6 Å². The van der Waals surface area contributed by atoms with Gasteiger partial charge in [-0.25, -0.2) is 4.39 Å². The second kappa shape index (κ2) is 7.45. The van der Waals surface area contributed by atoms with Crippen LogP contribution in [0, 0.1) is 5.82 Å². The van der Waals surface area contributed by atoms with Crippen LogP contribution < -0.4 is 5.32 Å². The molecular formula is C17H16FN5O. The third-order valence-electron chi connectivity index (χ3n) is 3.57. The lowest BCUT2D eigenvalue weighted by Gasteiger charge is -2.09. The summed E-state index contributed by atoms with van der Waals surface area (Å²) in [5.41, 5.74) is 1.85. The van der Waals surface area contributed by atoms with Gasteiger partial charge in [0.1, 0.15) is 12.1 Å². The highest BCUT2D eigenvalue weighted by Crippen LogP contribution is 2.15. The molecule has 6 nitrogen and oxygen atoms in total. The number of rotatable bonds is 6. The van der Waals surface area contributed by atoms with Gasteiger partial charge in [0.25, 0.3) is 5.91 Å². The molecule has 0 spiro atoms. The first kappa shape index (κ1) is 15.8. The monoisotopic (exact) mass is 325 g/mol. The predicted octanol–water partition coefficient (Wildman–Crippen LogP) is 2.16. The van der Waals surface area contributed by atoms with Gasteiger partial charge in [0.05, 0.1) is 11.3 Å². The lowest BCUT2D eigenvalue weighted by Crippen LogP contribution is -2.26. The number of hydrogen-bond acceptors (Lipinski definition) is 4. The largest absolute Gasteiger partial charge is 0.352 e. The summed E-state index contributed by atoms with van der Waals surface area (Å²) in [6, 6.07) is 14.0. The van der Waals surface area contributed by atoms with Crippen molar-refractivity contribution in [2.45, 2.75) is 12.8 Å². The Labute approximate surface area is 138 Å². The van der Waals surface area contributed by atoms with Crippen LogP contribution in [0.4, 0.5) is 4.39 Å². The summed E-state index contributed by atoms with van der Waals surface area (Å²) >= 11 is 0. The molecule has 1 aromatic heterocycles. The van der Waals surface area contributed by atoms with Crippen molar-refractivity contribution in [2.24, 2.45) is 0 Å². The van der Waals surface area contributed by atoms with Gasteiger partial charge in [-0.2, -0.15) is 4.68 Å². The Hall–Kier alpha value is -3.09. The van der Waals surface area contributed by atoms with Crippen molar-refractivity contribution in [1.29, 1.82) is 0 Å². The van der Waals surface area contributed by atoms with Crippen molar-refractivity contribution >= 4 is 5.91 Å². The van der Waals surface area contributed by atoms with E-state index in [4.69, 9.17) is 0 Å². The van der Waals surface area contributed by atoms with Gasteiger partial charge in [-0.15, -0.1) is 5.10 Å². The van der Waals surface area contributed by atoms with Crippen LogP contribution in [0.3, 0.4) is 0 Å². The summed E-state index contributed by atoms with van der Waals surface area (Å²) in [6.45, 7) is 0.528. The van der Waals surface area contributed by atoms with E-state index in [0.29, 0.717) is 17.8 Å². The fraction of sp³-hybridized carbons (Fsp3) is 0.176. The highest BCUT2D eigenvalue weighted by Gasteiger charge is 2.14. The summed E-state index contributed by atoms with van der Waals surface area (Å²) in [4.78, 5) is 12.4. The molecule has 0 bridgehead atoms. The molecule has 0 aliphatic rings. The van der Waals surface area contributed by atoms with Crippen LogP contribution in [-0.4, -0.2) is 32.7 Å². The van der Waals surface area contributed by atoms with Crippen molar-refractivity contribution < 1.29 is 9.18 Å². The second-order valence-corrected chi connectivity index (χ2v) is 5.26. The van der Waals surface area contributed by atoms with Crippen LogP contribution in [0.2, 0.25) is 0 Å². The van der Waals surface area contributed by atoms with Crippen LogP contribution >= 0.6 is 0 Å². The Morgan fingerprint density at radius 1 is 1.17 bits per heavy atom. The predicted molar refractivity (Wildman–Crippen MR) is 86.2 cm³/mol. The molecule has 0 atom stereocenters. The minimum Gasteiger partial charge on any atom is -0.352 e. The van der Waals surface area contributed by atoms with Crippen molar-refractivity contribution in [3.8, 4) is 5.69 Å². The lowest BCUT2D eigenvalue weighted by atomic mass is 10.1. The van der Waals surface area contributed by atoms with Gasteiger partial charge in [-0.1, -0.05) is 30.3 Å². The maximum absolute atomic E-state index is 13.5. The van der Waals surface area contributed by atoms with Gasteiger partial charge < -0.3 is 5.32 Å². The Morgan fingerprint density at radius 3 is 2.75 bits per heavy atom. The molecule has 0 fully saturated rings. The average Bonchev–Trinajstić information content (AvgIpc) is 3.14. The zero-order chi connectivity index (χ0) is 16.8. The highest BCUT2D eigenvalue weighted by atomic mass is 19.1. The molecule has 0 radical (unpaired) electrons. The molecule has 3 aromatic rings. The zero-order valence-corrected chi connectivity index (χ0v) is 12.9. The van der Waals surface area contributed by atoms with Crippen molar-refractivity contribution in [2.75, 3.05) is 6.54 Å². The average molecular weight is 325 g/mol. The molecule has 0 aliphatic carbocycles. The van der Waals surface area contributed by atoms with E-state index in [9.17, 15) is 9.18 Å². The summed E-state index contributed by atoms with van der Waals surface area (Å²) in [7, 11) is 0. The molecule has 0 saturated carbocycles. The van der Waals surface area contributed by atoms with Gasteiger partial charge >= 0.3 is 0 Å². The maximum atomic E-state index is 13.5. The highest BCUT2D eigenvalue weighted by molar-refractivity contribution is 5.97. The standard InChI is InChI=1S/C17H16FN5O/c18-14-8-9-15(16(11-14)23-12-20-21-22-23)17(24)19-10-4-7-13-5-2-1-3-6-13/h1-3,5-6,8-9,11-12H,4,7,10H2,(H,19,24). The minimum absolute atomic E-state index is 0.284. The van der Waals surface area contributed by atoms with Gasteiger partial charge in [0.15, 0.2) is 0 Å². The van der Waals surface area contributed by atoms with Crippen molar-refractivity contribution in [3.05, 3.63) is 71.8 Å². The van der Waals surface area contributed by atoms with Crippen LogP contribution in [0.15, 0.2) is 54.9 Å². The number of aromatic nitrogens is 4. The van der Waals surface area contributed by atoms with E-state index in [1.165, 1.54) is 34.8 Å². The second-order valence-electron chi connectivity index (χ2n) is 5.26. The zero-order valence-electron chi connectivity index (χ0n) is 12.9. The number of nitrogens with one attached hydrogen (secondary N) is 1. The van der Waals surface area contributed by atoms with Crippen LogP contribution in [-0.2, 0) is 6.42 Å². The third kappa shape index (κ3) is 3.81.